The Morgan fingerprint density at radius 2 is 2.35 bits per heavy atom. The molecule has 0 saturated carbocycles. The van der Waals surface area contributed by atoms with Crippen molar-refractivity contribution in [2.75, 3.05) is 31.7 Å². The lowest BCUT2D eigenvalue weighted by atomic mass is 10.1. The van der Waals surface area contributed by atoms with E-state index in [2.05, 4.69) is 0 Å². The minimum absolute atomic E-state index is 0.267. The lowest BCUT2D eigenvalue weighted by molar-refractivity contribution is -0.154. The third-order valence-corrected chi connectivity index (χ3v) is 3.55. The van der Waals surface area contributed by atoms with E-state index in [1.165, 1.54) is 7.11 Å². The van der Waals surface area contributed by atoms with Crippen LogP contribution in [0.25, 0.3) is 0 Å². The molecular weight excluding hydrogens is 300 g/mol. The van der Waals surface area contributed by atoms with Crippen molar-refractivity contribution in [2.45, 2.75) is 6.10 Å². The summed E-state index contributed by atoms with van der Waals surface area (Å²) in [6.45, 7) is 1.47. The summed E-state index contributed by atoms with van der Waals surface area (Å²) in [6, 6.07) is 5.33. The van der Waals surface area contributed by atoms with Crippen LogP contribution in [0.2, 0.25) is 5.02 Å². The molecular formula is C13H15ClN2O3S. The maximum absolute atomic E-state index is 11.6. The van der Waals surface area contributed by atoms with Gasteiger partial charge in [-0.15, -0.1) is 0 Å². The minimum Gasteiger partial charge on any atom is -0.467 e. The van der Waals surface area contributed by atoms with Crippen molar-refractivity contribution in [3.63, 3.8) is 0 Å². The van der Waals surface area contributed by atoms with Crippen LogP contribution in [0.15, 0.2) is 18.2 Å². The predicted molar refractivity (Wildman–Crippen MR) is 81.3 cm³/mol. The highest BCUT2D eigenvalue weighted by Gasteiger charge is 2.28. The van der Waals surface area contributed by atoms with Gasteiger partial charge in [-0.3, -0.25) is 0 Å². The fourth-order valence-corrected chi connectivity index (χ4v) is 2.46. The topological polar surface area (TPSA) is 64.8 Å². The summed E-state index contributed by atoms with van der Waals surface area (Å²) in [4.78, 5) is 13.8. The molecule has 0 aromatic heterocycles. The van der Waals surface area contributed by atoms with Gasteiger partial charge < -0.3 is 20.1 Å². The molecule has 1 heterocycles. The zero-order valence-corrected chi connectivity index (χ0v) is 12.5. The summed E-state index contributed by atoms with van der Waals surface area (Å²) in [6.07, 6.45) is -0.608. The van der Waals surface area contributed by atoms with Gasteiger partial charge in [-0.1, -0.05) is 23.8 Å². The fraction of sp³-hybridized carbons (Fsp3) is 0.385. The number of hydrogen-bond acceptors (Lipinski definition) is 5. The van der Waals surface area contributed by atoms with Crippen LogP contribution in [-0.2, 0) is 14.3 Å². The van der Waals surface area contributed by atoms with Crippen molar-refractivity contribution in [3.05, 3.63) is 28.8 Å². The molecule has 5 nitrogen and oxygen atoms in total. The number of carbonyl (C=O) groups excluding carboxylic acids is 1. The highest BCUT2D eigenvalue weighted by molar-refractivity contribution is 7.80. The van der Waals surface area contributed by atoms with E-state index in [4.69, 9.17) is 39.0 Å². The van der Waals surface area contributed by atoms with Gasteiger partial charge in [0.15, 0.2) is 6.10 Å². The number of anilines is 1. The van der Waals surface area contributed by atoms with Crippen molar-refractivity contribution in [1.82, 2.24) is 0 Å². The number of methoxy groups -OCH3 is 1. The van der Waals surface area contributed by atoms with Gasteiger partial charge in [0.05, 0.1) is 20.3 Å². The van der Waals surface area contributed by atoms with Gasteiger partial charge in [-0.2, -0.15) is 0 Å². The number of nitrogens with two attached hydrogens (primary N) is 1. The molecule has 1 aromatic rings. The summed E-state index contributed by atoms with van der Waals surface area (Å²) in [5, 5.41) is 0.564. The van der Waals surface area contributed by atoms with Crippen LogP contribution in [0, 0.1) is 0 Å². The zero-order chi connectivity index (χ0) is 14.7. The third kappa shape index (κ3) is 3.20. The molecule has 108 valence electrons. The minimum atomic E-state index is -0.608. The molecule has 0 aliphatic carbocycles. The molecule has 1 aliphatic rings. The van der Waals surface area contributed by atoms with Crippen molar-refractivity contribution >= 4 is 40.5 Å². The number of thiocarbonyl (C=S) groups is 1. The van der Waals surface area contributed by atoms with Crippen LogP contribution in [0.3, 0.4) is 0 Å². The first-order valence-electron chi connectivity index (χ1n) is 6.06. The molecule has 1 fully saturated rings. The number of hydrogen-bond donors (Lipinski definition) is 1. The quantitative estimate of drug-likeness (QED) is 0.671. The number of benzene rings is 1. The fourth-order valence-electron chi connectivity index (χ4n) is 2.12. The van der Waals surface area contributed by atoms with E-state index in [1.807, 2.05) is 11.0 Å². The van der Waals surface area contributed by atoms with Crippen LogP contribution in [0.1, 0.15) is 5.56 Å². The van der Waals surface area contributed by atoms with E-state index < -0.39 is 6.10 Å². The van der Waals surface area contributed by atoms with Crippen LogP contribution in [0.5, 0.6) is 0 Å². The standard InChI is InChI=1S/C13H15ClN2O3S/c1-18-13(17)11-7-16(4-5-19-11)10-3-2-8(14)6-9(10)12(15)20/h2-3,6,11H,4-5,7H2,1H3,(H2,15,20). The Kier molecular flexibility index (Phi) is 4.80. The third-order valence-electron chi connectivity index (χ3n) is 3.10. The molecule has 1 aliphatic heterocycles. The highest BCUT2D eigenvalue weighted by Crippen LogP contribution is 2.26. The molecule has 1 atom stereocenters. The van der Waals surface area contributed by atoms with Gasteiger partial charge in [0.25, 0.3) is 0 Å². The maximum Gasteiger partial charge on any atom is 0.336 e. The summed E-state index contributed by atoms with van der Waals surface area (Å²) in [5.74, 6) is -0.388. The van der Waals surface area contributed by atoms with Gasteiger partial charge in [0, 0.05) is 22.8 Å². The van der Waals surface area contributed by atoms with Crippen LogP contribution in [-0.4, -0.2) is 43.9 Å². The highest BCUT2D eigenvalue weighted by atomic mass is 35.5. The first-order valence-corrected chi connectivity index (χ1v) is 6.85. The molecule has 2 N–H and O–H groups in total. The number of ether oxygens (including phenoxy) is 2. The van der Waals surface area contributed by atoms with Gasteiger partial charge in [-0.25, -0.2) is 4.79 Å². The van der Waals surface area contributed by atoms with E-state index in [1.54, 1.807) is 12.1 Å². The first kappa shape index (κ1) is 15.0. The van der Waals surface area contributed by atoms with Crippen LogP contribution >= 0.6 is 23.8 Å². The number of rotatable bonds is 3. The molecule has 1 aromatic carbocycles. The molecule has 0 bridgehead atoms. The van der Waals surface area contributed by atoms with Gasteiger partial charge in [0.1, 0.15) is 4.99 Å². The number of halogens is 1. The second kappa shape index (κ2) is 6.39. The summed E-state index contributed by atoms with van der Waals surface area (Å²) in [5.41, 5.74) is 7.27. The first-order chi connectivity index (χ1) is 9.52. The van der Waals surface area contributed by atoms with E-state index in [0.29, 0.717) is 30.3 Å². The Morgan fingerprint density at radius 3 is 3.00 bits per heavy atom. The van der Waals surface area contributed by atoms with Gasteiger partial charge in [-0.05, 0) is 18.2 Å². The maximum atomic E-state index is 11.6. The van der Waals surface area contributed by atoms with Crippen molar-refractivity contribution in [2.24, 2.45) is 5.73 Å². The molecule has 0 amide bonds. The van der Waals surface area contributed by atoms with Crippen molar-refractivity contribution < 1.29 is 14.3 Å². The van der Waals surface area contributed by atoms with Crippen LogP contribution in [0.4, 0.5) is 5.69 Å². The van der Waals surface area contributed by atoms with Gasteiger partial charge >= 0.3 is 5.97 Å². The monoisotopic (exact) mass is 314 g/mol. The second-order valence-electron chi connectivity index (χ2n) is 4.35. The van der Waals surface area contributed by atoms with Crippen molar-refractivity contribution in [3.8, 4) is 0 Å². The second-order valence-corrected chi connectivity index (χ2v) is 5.23. The molecule has 0 spiro atoms. The smallest absolute Gasteiger partial charge is 0.336 e. The molecule has 1 unspecified atom stereocenters. The normalized spacial score (nSPS) is 18.7. The number of nitrogens with zero attached hydrogens (tertiary/aromatic N) is 1. The van der Waals surface area contributed by atoms with E-state index in [0.717, 1.165) is 5.69 Å². The molecule has 2 rings (SSSR count). The summed E-state index contributed by atoms with van der Waals surface area (Å²) < 4.78 is 10.1. The van der Waals surface area contributed by atoms with E-state index >= 15 is 0 Å². The molecule has 0 radical (unpaired) electrons. The number of carbonyl (C=O) groups is 1. The van der Waals surface area contributed by atoms with Crippen molar-refractivity contribution in [1.29, 1.82) is 0 Å². The Balaban J connectivity index is 2.27. The average Bonchev–Trinajstić information content (AvgIpc) is 2.46. The SMILES string of the molecule is COC(=O)C1CN(c2ccc(Cl)cc2C(N)=S)CCO1. The number of morpholine rings is 1. The summed E-state index contributed by atoms with van der Waals surface area (Å²) in [7, 11) is 1.34. The zero-order valence-electron chi connectivity index (χ0n) is 11.0. The molecule has 7 heteroatoms. The summed E-state index contributed by atoms with van der Waals surface area (Å²) >= 11 is 11.0. The molecule has 1 saturated heterocycles. The Bertz CT molecular complexity index is 538. The Morgan fingerprint density at radius 1 is 1.60 bits per heavy atom. The Hall–Kier alpha value is -1.37. The Labute approximate surface area is 127 Å². The lowest BCUT2D eigenvalue weighted by Gasteiger charge is -2.34. The van der Waals surface area contributed by atoms with Crippen LogP contribution < -0.4 is 10.6 Å². The van der Waals surface area contributed by atoms with E-state index in [9.17, 15) is 4.79 Å². The average molecular weight is 315 g/mol. The van der Waals surface area contributed by atoms with Gasteiger partial charge in [0.2, 0.25) is 0 Å². The lowest BCUT2D eigenvalue weighted by Crippen LogP contribution is -2.47. The molecule has 20 heavy (non-hydrogen) atoms. The number of esters is 1. The van der Waals surface area contributed by atoms with E-state index in [-0.39, 0.29) is 11.0 Å². The predicted octanol–water partition coefficient (Wildman–Crippen LogP) is 1.35. The largest absolute Gasteiger partial charge is 0.467 e.